The molecule has 0 aliphatic carbocycles. The third-order valence-corrected chi connectivity index (χ3v) is 4.26. The summed E-state index contributed by atoms with van der Waals surface area (Å²) >= 11 is 0. The van der Waals surface area contributed by atoms with Gasteiger partial charge >= 0.3 is 5.97 Å². The Morgan fingerprint density at radius 1 is 1.30 bits per heavy atom. The van der Waals surface area contributed by atoms with E-state index in [4.69, 9.17) is 4.74 Å². The summed E-state index contributed by atoms with van der Waals surface area (Å²) in [6.45, 7) is 3.11. The number of carbonyl (C=O) groups excluding carboxylic acids is 1. The Kier molecular flexibility index (Phi) is 3.89. The molecule has 0 spiro atoms. The van der Waals surface area contributed by atoms with E-state index in [1.165, 1.54) is 31.6 Å². The number of benzene rings is 1. The molecule has 0 bridgehead atoms. The Morgan fingerprint density at radius 3 is 2.55 bits per heavy atom. The van der Waals surface area contributed by atoms with Crippen molar-refractivity contribution in [3.05, 3.63) is 48.0 Å². The molecular weight excluding hydrogens is 280 g/mol. The number of hydrogen-bond acceptors (Lipinski definition) is 5. The fourth-order valence-electron chi connectivity index (χ4n) is 1.56. The molecule has 0 saturated heterocycles. The maximum Gasteiger partial charge on any atom is 0.303 e. The van der Waals surface area contributed by atoms with Crippen LogP contribution in [0, 0.1) is 6.92 Å². The van der Waals surface area contributed by atoms with Crippen LogP contribution in [-0.4, -0.2) is 23.3 Å². The molecule has 2 rings (SSSR count). The van der Waals surface area contributed by atoms with Crippen molar-refractivity contribution in [2.24, 2.45) is 0 Å². The van der Waals surface area contributed by atoms with Gasteiger partial charge in [-0.05, 0) is 19.1 Å². The standard InChI is InChI=1S/C13H14N2O4S/c1-10-3-5-13(6-4-10)20(17,18)15-7-12(14-9-15)8-19-11(2)16/h3-7,9H,8H2,1-2H3. The molecule has 0 aliphatic heterocycles. The monoisotopic (exact) mass is 294 g/mol. The van der Waals surface area contributed by atoms with Gasteiger partial charge in [0.1, 0.15) is 12.9 Å². The lowest BCUT2D eigenvalue weighted by molar-refractivity contribution is -0.142. The summed E-state index contributed by atoms with van der Waals surface area (Å²) in [6.07, 6.45) is 2.52. The molecule has 0 aliphatic rings. The zero-order valence-corrected chi connectivity index (χ0v) is 11.9. The lowest BCUT2D eigenvalue weighted by Gasteiger charge is -2.04. The van der Waals surface area contributed by atoms with Crippen LogP contribution in [0.2, 0.25) is 0 Å². The number of imidazole rings is 1. The van der Waals surface area contributed by atoms with E-state index in [2.05, 4.69) is 4.98 Å². The van der Waals surface area contributed by atoms with Crippen molar-refractivity contribution in [1.82, 2.24) is 8.96 Å². The molecule has 1 aromatic carbocycles. The molecule has 1 aromatic heterocycles. The van der Waals surface area contributed by atoms with Crippen molar-refractivity contribution in [3.63, 3.8) is 0 Å². The van der Waals surface area contributed by atoms with Crippen LogP contribution in [0.15, 0.2) is 41.7 Å². The maximum atomic E-state index is 12.3. The molecule has 0 radical (unpaired) electrons. The quantitative estimate of drug-likeness (QED) is 0.798. The van der Waals surface area contributed by atoms with Crippen molar-refractivity contribution < 1.29 is 17.9 Å². The number of ether oxygens (including phenoxy) is 1. The molecule has 0 unspecified atom stereocenters. The summed E-state index contributed by atoms with van der Waals surface area (Å²) < 4.78 is 30.4. The second-order valence-electron chi connectivity index (χ2n) is 4.29. The van der Waals surface area contributed by atoms with Gasteiger partial charge in [-0.3, -0.25) is 4.79 Å². The van der Waals surface area contributed by atoms with E-state index < -0.39 is 16.0 Å². The molecule has 2 aromatic rings. The largest absolute Gasteiger partial charge is 0.459 e. The third-order valence-electron chi connectivity index (χ3n) is 2.63. The zero-order valence-electron chi connectivity index (χ0n) is 11.1. The number of aromatic nitrogens is 2. The smallest absolute Gasteiger partial charge is 0.303 e. The summed E-state index contributed by atoms with van der Waals surface area (Å²) in [5, 5.41) is 0. The van der Waals surface area contributed by atoms with Crippen LogP contribution in [-0.2, 0) is 26.2 Å². The topological polar surface area (TPSA) is 78.3 Å². The number of aryl methyl sites for hydroxylation is 1. The molecule has 20 heavy (non-hydrogen) atoms. The highest BCUT2D eigenvalue weighted by atomic mass is 32.2. The van der Waals surface area contributed by atoms with Gasteiger partial charge in [-0.1, -0.05) is 17.7 Å². The van der Waals surface area contributed by atoms with Crippen LogP contribution in [0.3, 0.4) is 0 Å². The van der Waals surface area contributed by atoms with Gasteiger partial charge in [-0.15, -0.1) is 0 Å². The molecule has 0 atom stereocenters. The van der Waals surface area contributed by atoms with E-state index in [-0.39, 0.29) is 11.5 Å². The van der Waals surface area contributed by atoms with Gasteiger partial charge in [-0.2, -0.15) is 0 Å². The Bertz CT molecular complexity index is 717. The summed E-state index contributed by atoms with van der Waals surface area (Å²) in [5.41, 5.74) is 1.35. The normalized spacial score (nSPS) is 11.3. The number of rotatable bonds is 4. The Hall–Kier alpha value is -2.15. The zero-order chi connectivity index (χ0) is 14.8. The van der Waals surface area contributed by atoms with E-state index >= 15 is 0 Å². The second-order valence-corrected chi connectivity index (χ2v) is 6.14. The number of carbonyl (C=O) groups is 1. The molecule has 6 nitrogen and oxygen atoms in total. The predicted octanol–water partition coefficient (Wildman–Crippen LogP) is 1.49. The number of esters is 1. The molecule has 0 saturated carbocycles. The van der Waals surface area contributed by atoms with E-state index in [0.29, 0.717) is 5.69 Å². The SMILES string of the molecule is CC(=O)OCc1cn(S(=O)(=O)c2ccc(C)cc2)cn1. The lowest BCUT2D eigenvalue weighted by atomic mass is 10.2. The Balaban J connectivity index is 2.26. The van der Waals surface area contributed by atoms with Crippen LogP contribution in [0.5, 0.6) is 0 Å². The summed E-state index contributed by atoms with van der Waals surface area (Å²) in [4.78, 5) is 14.8. The molecule has 7 heteroatoms. The van der Waals surface area contributed by atoms with Gasteiger partial charge in [0.05, 0.1) is 10.6 Å². The van der Waals surface area contributed by atoms with Gasteiger partial charge in [0, 0.05) is 13.1 Å². The fourth-order valence-corrected chi connectivity index (χ4v) is 2.71. The molecule has 1 heterocycles. The average Bonchev–Trinajstić information content (AvgIpc) is 2.86. The average molecular weight is 294 g/mol. The first-order valence-electron chi connectivity index (χ1n) is 5.88. The summed E-state index contributed by atoms with van der Waals surface area (Å²) in [7, 11) is -3.66. The molecular formula is C13H14N2O4S. The van der Waals surface area contributed by atoms with E-state index in [1.54, 1.807) is 12.1 Å². The predicted molar refractivity (Wildman–Crippen MR) is 71.5 cm³/mol. The van der Waals surface area contributed by atoms with Gasteiger partial charge < -0.3 is 4.74 Å². The van der Waals surface area contributed by atoms with Gasteiger partial charge in [0.2, 0.25) is 0 Å². The summed E-state index contributed by atoms with van der Waals surface area (Å²) in [6, 6.07) is 6.53. The molecule has 106 valence electrons. The first kappa shape index (κ1) is 14.3. The highest BCUT2D eigenvalue weighted by molar-refractivity contribution is 7.90. The number of nitrogens with zero attached hydrogens (tertiary/aromatic N) is 2. The Morgan fingerprint density at radius 2 is 1.95 bits per heavy atom. The number of hydrogen-bond donors (Lipinski definition) is 0. The van der Waals surface area contributed by atoms with Crippen molar-refractivity contribution in [2.75, 3.05) is 0 Å². The highest BCUT2D eigenvalue weighted by Crippen LogP contribution is 2.15. The third kappa shape index (κ3) is 3.05. The minimum Gasteiger partial charge on any atom is -0.459 e. The molecule has 0 fully saturated rings. The van der Waals surface area contributed by atoms with Crippen molar-refractivity contribution in [1.29, 1.82) is 0 Å². The molecule has 0 N–H and O–H groups in total. The van der Waals surface area contributed by atoms with Gasteiger partial charge in [-0.25, -0.2) is 17.4 Å². The maximum absolute atomic E-state index is 12.3. The van der Waals surface area contributed by atoms with E-state index in [9.17, 15) is 13.2 Å². The Labute approximate surface area is 117 Å². The second kappa shape index (κ2) is 5.46. The first-order chi connectivity index (χ1) is 9.39. The van der Waals surface area contributed by atoms with Crippen LogP contribution in [0.1, 0.15) is 18.2 Å². The fraction of sp³-hybridized carbons (Fsp3) is 0.231. The van der Waals surface area contributed by atoms with Crippen LogP contribution >= 0.6 is 0 Å². The highest BCUT2D eigenvalue weighted by Gasteiger charge is 2.17. The van der Waals surface area contributed by atoms with E-state index in [1.807, 2.05) is 6.92 Å². The van der Waals surface area contributed by atoms with E-state index in [0.717, 1.165) is 9.54 Å². The van der Waals surface area contributed by atoms with Gasteiger partial charge in [0.25, 0.3) is 10.0 Å². The minimum absolute atomic E-state index is 0.0499. The van der Waals surface area contributed by atoms with Crippen LogP contribution in [0.25, 0.3) is 0 Å². The van der Waals surface area contributed by atoms with Crippen molar-refractivity contribution in [3.8, 4) is 0 Å². The lowest BCUT2D eigenvalue weighted by Crippen LogP contribution is -2.11. The minimum atomic E-state index is -3.66. The van der Waals surface area contributed by atoms with Crippen molar-refractivity contribution >= 4 is 16.0 Å². The summed E-state index contributed by atoms with van der Waals surface area (Å²) in [5.74, 6) is -0.444. The van der Waals surface area contributed by atoms with Crippen LogP contribution in [0.4, 0.5) is 0 Å². The van der Waals surface area contributed by atoms with Crippen molar-refractivity contribution in [2.45, 2.75) is 25.3 Å². The molecule has 0 amide bonds. The first-order valence-corrected chi connectivity index (χ1v) is 7.32. The van der Waals surface area contributed by atoms with Gasteiger partial charge in [0.15, 0.2) is 0 Å². The van der Waals surface area contributed by atoms with Crippen LogP contribution < -0.4 is 0 Å².